The molecule has 0 saturated heterocycles. The van der Waals surface area contributed by atoms with Gasteiger partial charge in [0.15, 0.2) is 11.5 Å². The van der Waals surface area contributed by atoms with Gasteiger partial charge in [0.1, 0.15) is 0 Å². The number of benzene rings is 1. The van der Waals surface area contributed by atoms with Crippen LogP contribution >= 0.6 is 0 Å². The monoisotopic (exact) mass is 288 g/mol. The fourth-order valence-electron chi connectivity index (χ4n) is 1.80. The number of nitrogens with one attached hydrogen (secondary N) is 1. The zero-order valence-electron chi connectivity index (χ0n) is 12.3. The fourth-order valence-corrected chi connectivity index (χ4v) is 1.80. The maximum Gasteiger partial charge on any atom is 0.273 e. The van der Waals surface area contributed by atoms with Crippen LogP contribution in [0.5, 0.6) is 0 Å². The third-order valence-corrected chi connectivity index (χ3v) is 2.86. The molecule has 1 aromatic carbocycles. The zero-order chi connectivity index (χ0) is 15.1. The van der Waals surface area contributed by atoms with Crippen LogP contribution in [-0.2, 0) is 4.74 Å². The number of hydrogen-bond donors (Lipinski definition) is 1. The largest absolute Gasteiger partial charge is 0.379 e. The van der Waals surface area contributed by atoms with Crippen molar-refractivity contribution in [3.8, 4) is 11.3 Å². The third kappa shape index (κ3) is 4.72. The Kier molecular flexibility index (Phi) is 5.51. The van der Waals surface area contributed by atoms with Crippen molar-refractivity contribution in [2.45, 2.75) is 26.4 Å². The van der Waals surface area contributed by atoms with Crippen LogP contribution in [0.3, 0.4) is 0 Å². The van der Waals surface area contributed by atoms with Gasteiger partial charge in [0.2, 0.25) is 0 Å². The van der Waals surface area contributed by atoms with Crippen LogP contribution < -0.4 is 5.32 Å². The number of carbonyl (C=O) groups is 1. The molecule has 5 nitrogen and oxygen atoms in total. The average molecular weight is 288 g/mol. The molecule has 0 aliphatic heterocycles. The van der Waals surface area contributed by atoms with Crippen LogP contribution in [0.4, 0.5) is 0 Å². The van der Waals surface area contributed by atoms with E-state index >= 15 is 0 Å². The highest BCUT2D eigenvalue weighted by Crippen LogP contribution is 2.19. The second-order valence-corrected chi connectivity index (χ2v) is 4.97. The lowest BCUT2D eigenvalue weighted by atomic mass is 10.1. The molecule has 1 heterocycles. The third-order valence-electron chi connectivity index (χ3n) is 2.86. The van der Waals surface area contributed by atoms with Gasteiger partial charge in [-0.15, -0.1) is 0 Å². The molecular formula is C16H20N2O3. The maximum atomic E-state index is 11.9. The first kappa shape index (κ1) is 15.3. The van der Waals surface area contributed by atoms with Gasteiger partial charge in [0.25, 0.3) is 5.91 Å². The first-order valence-corrected chi connectivity index (χ1v) is 7.09. The number of carbonyl (C=O) groups excluding carboxylic acids is 1. The molecule has 0 aliphatic rings. The Labute approximate surface area is 124 Å². The van der Waals surface area contributed by atoms with Gasteiger partial charge in [0, 0.05) is 24.8 Å². The minimum atomic E-state index is -0.231. The predicted molar refractivity (Wildman–Crippen MR) is 80.0 cm³/mol. The van der Waals surface area contributed by atoms with Crippen molar-refractivity contribution in [1.29, 1.82) is 0 Å². The maximum absolute atomic E-state index is 11.9. The standard InChI is InChI=1S/C16H20N2O3/c1-12(2)20-10-6-9-17-16(19)14-11-15(21-18-14)13-7-4-3-5-8-13/h3-5,7-8,11-12H,6,9-10H2,1-2H3,(H,17,19). The molecule has 0 atom stereocenters. The predicted octanol–water partition coefficient (Wildman–Crippen LogP) is 2.89. The van der Waals surface area contributed by atoms with Crippen LogP contribution in [-0.4, -0.2) is 30.3 Å². The zero-order valence-corrected chi connectivity index (χ0v) is 12.3. The Hall–Kier alpha value is -2.14. The van der Waals surface area contributed by atoms with E-state index in [0.717, 1.165) is 12.0 Å². The Morgan fingerprint density at radius 3 is 2.81 bits per heavy atom. The van der Waals surface area contributed by atoms with Gasteiger partial charge in [-0.25, -0.2) is 0 Å². The molecule has 1 amide bonds. The van der Waals surface area contributed by atoms with E-state index in [2.05, 4.69) is 10.5 Å². The molecule has 112 valence electrons. The van der Waals surface area contributed by atoms with E-state index < -0.39 is 0 Å². The Bertz CT molecular complexity index is 564. The van der Waals surface area contributed by atoms with Crippen molar-refractivity contribution in [2.75, 3.05) is 13.2 Å². The summed E-state index contributed by atoms with van der Waals surface area (Å²) in [6, 6.07) is 11.2. The van der Waals surface area contributed by atoms with Crippen LogP contribution in [0.1, 0.15) is 30.8 Å². The smallest absolute Gasteiger partial charge is 0.273 e. The SMILES string of the molecule is CC(C)OCCCNC(=O)c1cc(-c2ccccc2)on1. The highest BCUT2D eigenvalue weighted by atomic mass is 16.5. The van der Waals surface area contributed by atoms with Crippen molar-refractivity contribution in [1.82, 2.24) is 10.5 Å². The Balaban J connectivity index is 1.82. The van der Waals surface area contributed by atoms with Crippen LogP contribution in [0.2, 0.25) is 0 Å². The van der Waals surface area contributed by atoms with E-state index in [4.69, 9.17) is 9.26 Å². The summed E-state index contributed by atoms with van der Waals surface area (Å²) < 4.78 is 10.6. The fraction of sp³-hybridized carbons (Fsp3) is 0.375. The van der Waals surface area contributed by atoms with Crippen LogP contribution in [0.15, 0.2) is 40.9 Å². The topological polar surface area (TPSA) is 64.4 Å². The molecule has 0 bridgehead atoms. The molecule has 2 aromatic rings. The molecular weight excluding hydrogens is 268 g/mol. The summed E-state index contributed by atoms with van der Waals surface area (Å²) in [5.41, 5.74) is 1.19. The first-order chi connectivity index (χ1) is 10.2. The molecule has 1 aromatic heterocycles. The van der Waals surface area contributed by atoms with Crippen molar-refractivity contribution in [2.24, 2.45) is 0 Å². The van der Waals surface area contributed by atoms with Gasteiger partial charge in [0.05, 0.1) is 6.10 Å². The van der Waals surface area contributed by atoms with E-state index in [9.17, 15) is 4.79 Å². The lowest BCUT2D eigenvalue weighted by molar-refractivity contribution is 0.0756. The van der Waals surface area contributed by atoms with Gasteiger partial charge in [-0.3, -0.25) is 4.79 Å². The van der Waals surface area contributed by atoms with E-state index in [-0.39, 0.29) is 12.0 Å². The quantitative estimate of drug-likeness (QED) is 0.796. The molecule has 0 saturated carbocycles. The molecule has 0 radical (unpaired) electrons. The Morgan fingerprint density at radius 2 is 2.10 bits per heavy atom. The molecule has 2 rings (SSSR count). The van der Waals surface area contributed by atoms with Gasteiger partial charge in [-0.05, 0) is 20.3 Å². The normalized spacial score (nSPS) is 10.8. The number of amides is 1. The minimum absolute atomic E-state index is 0.213. The van der Waals surface area contributed by atoms with E-state index in [1.165, 1.54) is 0 Å². The summed E-state index contributed by atoms with van der Waals surface area (Å²) >= 11 is 0. The minimum Gasteiger partial charge on any atom is -0.379 e. The summed E-state index contributed by atoms with van der Waals surface area (Å²) in [5, 5.41) is 6.60. The number of ether oxygens (including phenoxy) is 1. The lowest BCUT2D eigenvalue weighted by Crippen LogP contribution is -2.25. The average Bonchev–Trinajstić information content (AvgIpc) is 2.97. The number of aromatic nitrogens is 1. The van der Waals surface area contributed by atoms with Gasteiger partial charge < -0.3 is 14.6 Å². The Morgan fingerprint density at radius 1 is 1.33 bits per heavy atom. The number of nitrogens with zero attached hydrogens (tertiary/aromatic N) is 1. The molecule has 1 N–H and O–H groups in total. The molecule has 0 spiro atoms. The van der Waals surface area contributed by atoms with Gasteiger partial charge >= 0.3 is 0 Å². The second-order valence-electron chi connectivity index (χ2n) is 4.97. The first-order valence-electron chi connectivity index (χ1n) is 7.09. The summed E-state index contributed by atoms with van der Waals surface area (Å²) in [7, 11) is 0. The molecule has 0 aliphatic carbocycles. The van der Waals surface area contributed by atoms with Crippen LogP contribution in [0, 0.1) is 0 Å². The highest BCUT2D eigenvalue weighted by molar-refractivity contribution is 5.93. The number of hydrogen-bond acceptors (Lipinski definition) is 4. The summed E-state index contributed by atoms with van der Waals surface area (Å²) in [6.45, 7) is 5.16. The van der Waals surface area contributed by atoms with E-state index in [1.54, 1.807) is 6.07 Å². The molecule has 5 heteroatoms. The van der Waals surface area contributed by atoms with Crippen molar-refractivity contribution in [3.63, 3.8) is 0 Å². The summed E-state index contributed by atoms with van der Waals surface area (Å²) in [6.07, 6.45) is 0.984. The highest BCUT2D eigenvalue weighted by Gasteiger charge is 2.12. The van der Waals surface area contributed by atoms with E-state index in [1.807, 2.05) is 44.2 Å². The summed E-state index contributed by atoms with van der Waals surface area (Å²) in [4.78, 5) is 11.9. The van der Waals surface area contributed by atoms with E-state index in [0.29, 0.717) is 24.6 Å². The summed E-state index contributed by atoms with van der Waals surface area (Å²) in [5.74, 6) is 0.356. The van der Waals surface area contributed by atoms with Crippen LogP contribution in [0.25, 0.3) is 11.3 Å². The van der Waals surface area contributed by atoms with Gasteiger partial charge in [-0.2, -0.15) is 0 Å². The van der Waals surface area contributed by atoms with Gasteiger partial charge in [-0.1, -0.05) is 35.5 Å². The van der Waals surface area contributed by atoms with Crippen molar-refractivity contribution in [3.05, 3.63) is 42.1 Å². The second kappa shape index (κ2) is 7.59. The molecule has 21 heavy (non-hydrogen) atoms. The molecule has 0 unspecified atom stereocenters. The molecule has 0 fully saturated rings. The van der Waals surface area contributed by atoms with Crippen molar-refractivity contribution < 1.29 is 14.1 Å². The number of rotatable bonds is 7. The van der Waals surface area contributed by atoms with Crippen molar-refractivity contribution >= 4 is 5.91 Å². The lowest BCUT2D eigenvalue weighted by Gasteiger charge is -2.07.